The lowest BCUT2D eigenvalue weighted by molar-refractivity contribution is -0.122. The third kappa shape index (κ3) is 6.40. The van der Waals surface area contributed by atoms with Gasteiger partial charge in [0.1, 0.15) is 11.6 Å². The van der Waals surface area contributed by atoms with Crippen LogP contribution in [0.2, 0.25) is 0 Å². The molecule has 0 fully saturated rings. The van der Waals surface area contributed by atoms with Crippen LogP contribution in [0.15, 0.2) is 46.9 Å². The molecule has 0 unspecified atom stereocenters. The molecule has 1 amide bonds. The van der Waals surface area contributed by atoms with Gasteiger partial charge in [-0.15, -0.1) is 0 Å². The Hall–Kier alpha value is -1.96. The molecule has 0 saturated heterocycles. The number of nitrogens with one attached hydrogen (secondary N) is 1. The number of benzene rings is 2. The first kappa shape index (κ1) is 20.4. The fourth-order valence-corrected chi connectivity index (χ4v) is 2.87. The van der Waals surface area contributed by atoms with Crippen LogP contribution in [0.1, 0.15) is 11.1 Å². The maximum atomic E-state index is 13.9. The average molecular weight is 425 g/mol. The van der Waals surface area contributed by atoms with E-state index in [-0.39, 0.29) is 38.0 Å². The third-order valence-corrected chi connectivity index (χ3v) is 4.33. The van der Waals surface area contributed by atoms with E-state index in [1.54, 1.807) is 24.1 Å². The number of hydrogen-bond acceptors (Lipinski definition) is 4. The van der Waals surface area contributed by atoms with Gasteiger partial charge < -0.3 is 15.2 Å². The van der Waals surface area contributed by atoms with Crippen LogP contribution in [0, 0.1) is 5.82 Å². The van der Waals surface area contributed by atoms with E-state index in [2.05, 4.69) is 21.2 Å². The molecule has 0 bridgehead atoms. The highest BCUT2D eigenvalue weighted by Gasteiger charge is 2.13. The summed E-state index contributed by atoms with van der Waals surface area (Å²) in [4.78, 5) is 13.9. The summed E-state index contributed by atoms with van der Waals surface area (Å²) in [6.45, 7) is 0.870. The molecule has 26 heavy (non-hydrogen) atoms. The number of methoxy groups -OCH3 is 1. The quantitative estimate of drug-likeness (QED) is 0.649. The minimum Gasteiger partial charge on any atom is -0.497 e. The van der Waals surface area contributed by atoms with Gasteiger partial charge in [0.25, 0.3) is 0 Å². The van der Waals surface area contributed by atoms with Gasteiger partial charge in [-0.25, -0.2) is 4.39 Å². The average Bonchev–Trinajstić information content (AvgIpc) is 2.63. The molecule has 0 aliphatic heterocycles. The van der Waals surface area contributed by atoms with Gasteiger partial charge in [-0.3, -0.25) is 9.69 Å². The zero-order valence-electron chi connectivity index (χ0n) is 14.5. The first-order valence-corrected chi connectivity index (χ1v) is 8.98. The molecule has 0 heterocycles. The van der Waals surface area contributed by atoms with E-state index in [0.29, 0.717) is 12.1 Å². The van der Waals surface area contributed by atoms with Gasteiger partial charge in [0.15, 0.2) is 0 Å². The SMILES string of the molecule is COc1ccc(CNC(=O)CN(CCO)Cc2cc(Br)ccc2F)cc1. The van der Waals surface area contributed by atoms with Crippen LogP contribution in [-0.2, 0) is 17.9 Å². The highest BCUT2D eigenvalue weighted by molar-refractivity contribution is 9.10. The molecule has 0 aliphatic rings. The van der Waals surface area contributed by atoms with Gasteiger partial charge in [0, 0.05) is 29.7 Å². The topological polar surface area (TPSA) is 61.8 Å². The molecule has 0 atom stereocenters. The Balaban J connectivity index is 1.91. The first-order chi connectivity index (χ1) is 12.5. The number of nitrogens with zero attached hydrogens (tertiary/aromatic N) is 1. The third-order valence-electron chi connectivity index (χ3n) is 3.83. The standard InChI is InChI=1S/C19H22BrFN2O3/c1-26-17-5-2-14(3-6-17)11-22-19(25)13-23(8-9-24)12-15-10-16(20)4-7-18(15)21/h2-7,10,24H,8-9,11-13H2,1H3,(H,22,25). The largest absolute Gasteiger partial charge is 0.497 e. The van der Waals surface area contributed by atoms with Crippen LogP contribution in [-0.4, -0.2) is 42.7 Å². The first-order valence-electron chi connectivity index (χ1n) is 8.18. The van der Waals surface area contributed by atoms with Crippen molar-refractivity contribution in [3.63, 3.8) is 0 Å². The molecule has 140 valence electrons. The van der Waals surface area contributed by atoms with Crippen molar-refractivity contribution in [2.75, 3.05) is 26.8 Å². The fourth-order valence-electron chi connectivity index (χ4n) is 2.46. The Morgan fingerprint density at radius 3 is 2.65 bits per heavy atom. The van der Waals surface area contributed by atoms with E-state index in [1.807, 2.05) is 24.3 Å². The number of carbonyl (C=O) groups is 1. The Kier molecular flexibility index (Phi) is 8.03. The Morgan fingerprint density at radius 1 is 1.27 bits per heavy atom. The van der Waals surface area contributed by atoms with Crippen LogP contribution in [0.4, 0.5) is 4.39 Å². The van der Waals surface area contributed by atoms with Crippen molar-refractivity contribution >= 4 is 21.8 Å². The smallest absolute Gasteiger partial charge is 0.234 e. The number of carbonyl (C=O) groups excluding carboxylic acids is 1. The molecule has 2 N–H and O–H groups in total. The zero-order valence-corrected chi connectivity index (χ0v) is 16.1. The van der Waals surface area contributed by atoms with Crippen LogP contribution in [0.3, 0.4) is 0 Å². The highest BCUT2D eigenvalue weighted by atomic mass is 79.9. The second-order valence-electron chi connectivity index (χ2n) is 5.79. The Bertz CT molecular complexity index is 725. The van der Waals surface area contributed by atoms with E-state index in [9.17, 15) is 14.3 Å². The summed E-state index contributed by atoms with van der Waals surface area (Å²) in [5.41, 5.74) is 1.42. The van der Waals surface area contributed by atoms with Crippen molar-refractivity contribution in [1.29, 1.82) is 0 Å². The molecular weight excluding hydrogens is 403 g/mol. The van der Waals surface area contributed by atoms with Crippen molar-refractivity contribution in [3.8, 4) is 5.75 Å². The predicted molar refractivity (Wildman–Crippen MR) is 101 cm³/mol. The Labute approximate surface area is 160 Å². The van der Waals surface area contributed by atoms with Crippen molar-refractivity contribution < 1.29 is 19.0 Å². The fraction of sp³-hybridized carbons (Fsp3) is 0.316. The van der Waals surface area contributed by atoms with Crippen LogP contribution < -0.4 is 10.1 Å². The molecule has 5 nitrogen and oxygen atoms in total. The van der Waals surface area contributed by atoms with E-state index in [1.165, 1.54) is 6.07 Å². The van der Waals surface area contributed by atoms with E-state index in [4.69, 9.17) is 4.74 Å². The van der Waals surface area contributed by atoms with Gasteiger partial charge in [0.2, 0.25) is 5.91 Å². The summed E-state index contributed by atoms with van der Waals surface area (Å²) >= 11 is 3.31. The summed E-state index contributed by atoms with van der Waals surface area (Å²) in [5, 5.41) is 12.1. The summed E-state index contributed by atoms with van der Waals surface area (Å²) in [7, 11) is 1.60. The van der Waals surface area contributed by atoms with Crippen molar-refractivity contribution in [2.24, 2.45) is 0 Å². The van der Waals surface area contributed by atoms with Crippen LogP contribution >= 0.6 is 15.9 Å². The molecule has 0 spiro atoms. The molecule has 0 aliphatic carbocycles. The molecule has 0 aromatic heterocycles. The number of halogens is 2. The van der Waals surface area contributed by atoms with Gasteiger partial charge in [-0.2, -0.15) is 0 Å². The lowest BCUT2D eigenvalue weighted by Gasteiger charge is -2.21. The molecule has 7 heteroatoms. The number of rotatable bonds is 9. The summed E-state index contributed by atoms with van der Waals surface area (Å²) in [5.74, 6) is 0.227. The van der Waals surface area contributed by atoms with E-state index < -0.39 is 0 Å². The summed E-state index contributed by atoms with van der Waals surface area (Å²) in [6, 6.07) is 12.1. The van der Waals surface area contributed by atoms with Crippen LogP contribution in [0.25, 0.3) is 0 Å². The number of ether oxygens (including phenoxy) is 1. The van der Waals surface area contributed by atoms with Crippen LogP contribution in [0.5, 0.6) is 5.75 Å². The minimum atomic E-state index is -0.338. The predicted octanol–water partition coefficient (Wildman–Crippen LogP) is 2.71. The molecule has 0 radical (unpaired) electrons. The van der Waals surface area contributed by atoms with Gasteiger partial charge in [0.05, 0.1) is 20.3 Å². The van der Waals surface area contributed by atoms with Gasteiger partial charge >= 0.3 is 0 Å². The maximum Gasteiger partial charge on any atom is 0.234 e. The van der Waals surface area contributed by atoms with Gasteiger partial charge in [-0.05, 0) is 35.9 Å². The minimum absolute atomic E-state index is 0.0721. The highest BCUT2D eigenvalue weighted by Crippen LogP contribution is 2.17. The van der Waals surface area contributed by atoms with Crippen molar-refractivity contribution in [3.05, 3.63) is 63.9 Å². The normalized spacial score (nSPS) is 10.8. The second kappa shape index (κ2) is 10.3. The number of aliphatic hydroxyl groups is 1. The van der Waals surface area contributed by atoms with Crippen molar-refractivity contribution in [2.45, 2.75) is 13.1 Å². The number of amides is 1. The summed E-state index contributed by atoms with van der Waals surface area (Å²) < 4.78 is 19.8. The lowest BCUT2D eigenvalue weighted by Crippen LogP contribution is -2.38. The molecular formula is C19H22BrFN2O3. The molecule has 2 aromatic rings. The lowest BCUT2D eigenvalue weighted by atomic mass is 10.2. The maximum absolute atomic E-state index is 13.9. The molecule has 0 saturated carbocycles. The van der Waals surface area contributed by atoms with Gasteiger partial charge in [-0.1, -0.05) is 28.1 Å². The molecule has 2 aromatic carbocycles. The number of hydrogen-bond donors (Lipinski definition) is 2. The Morgan fingerprint density at radius 2 is 2.00 bits per heavy atom. The van der Waals surface area contributed by atoms with Crippen molar-refractivity contribution in [1.82, 2.24) is 10.2 Å². The number of aliphatic hydroxyl groups excluding tert-OH is 1. The second-order valence-corrected chi connectivity index (χ2v) is 6.71. The molecule has 2 rings (SSSR count). The monoisotopic (exact) mass is 424 g/mol. The summed E-state index contributed by atoms with van der Waals surface area (Å²) in [6.07, 6.45) is 0. The van der Waals surface area contributed by atoms with E-state index in [0.717, 1.165) is 15.8 Å². The van der Waals surface area contributed by atoms with E-state index >= 15 is 0 Å². The zero-order chi connectivity index (χ0) is 18.9.